The molecule has 1 rings (SSSR count). The Hall–Kier alpha value is -0.980. The van der Waals surface area contributed by atoms with Gasteiger partial charge in [0.1, 0.15) is 4.99 Å². The van der Waals surface area contributed by atoms with Crippen LogP contribution in [-0.2, 0) is 15.8 Å². The normalized spacial score (nSPS) is 13.7. The molecule has 0 saturated heterocycles. The molecule has 1 atom stereocenters. The van der Waals surface area contributed by atoms with E-state index in [1.54, 1.807) is 31.3 Å². The van der Waals surface area contributed by atoms with Crippen LogP contribution in [0.2, 0.25) is 0 Å². The minimum Gasteiger partial charge on any atom is -0.389 e. The Morgan fingerprint density at radius 1 is 1.25 bits per heavy atom. The van der Waals surface area contributed by atoms with Crippen molar-refractivity contribution in [3.63, 3.8) is 0 Å². The molecule has 20 heavy (non-hydrogen) atoms. The molecule has 0 saturated carbocycles. The number of sulfonamides is 1. The van der Waals surface area contributed by atoms with Crippen molar-refractivity contribution in [1.82, 2.24) is 4.31 Å². The van der Waals surface area contributed by atoms with Gasteiger partial charge in [0, 0.05) is 18.7 Å². The molecule has 0 aliphatic carbocycles. The monoisotopic (exact) mass is 314 g/mol. The minimum atomic E-state index is -3.32. The average molecular weight is 314 g/mol. The molecule has 0 heterocycles. The van der Waals surface area contributed by atoms with Crippen molar-refractivity contribution < 1.29 is 8.42 Å². The number of benzene rings is 1. The van der Waals surface area contributed by atoms with Crippen LogP contribution < -0.4 is 5.73 Å². The molecule has 4 nitrogen and oxygen atoms in total. The SMILES string of the molecule is CC(C)C(C)N(C)S(=O)(=O)Cc1ccc(C(N)=S)cc1. The van der Waals surface area contributed by atoms with Crippen LogP contribution >= 0.6 is 12.2 Å². The molecule has 0 spiro atoms. The first kappa shape index (κ1) is 17.1. The fraction of sp³-hybridized carbons (Fsp3) is 0.500. The molecule has 0 aromatic heterocycles. The highest BCUT2D eigenvalue weighted by Crippen LogP contribution is 2.17. The number of nitrogens with two attached hydrogens (primary N) is 1. The number of thiocarbonyl (C=S) groups is 1. The number of rotatable bonds is 6. The van der Waals surface area contributed by atoms with E-state index in [0.29, 0.717) is 4.99 Å². The molecule has 1 aromatic rings. The van der Waals surface area contributed by atoms with Gasteiger partial charge in [-0.1, -0.05) is 50.3 Å². The molecule has 0 aliphatic rings. The van der Waals surface area contributed by atoms with Crippen LogP contribution in [0, 0.1) is 5.92 Å². The van der Waals surface area contributed by atoms with Crippen LogP contribution in [0.4, 0.5) is 0 Å². The lowest BCUT2D eigenvalue weighted by Gasteiger charge is -2.27. The molecular weight excluding hydrogens is 292 g/mol. The van der Waals surface area contributed by atoms with Crippen molar-refractivity contribution in [2.24, 2.45) is 11.7 Å². The summed E-state index contributed by atoms with van der Waals surface area (Å²) in [5, 5.41) is 0. The lowest BCUT2D eigenvalue weighted by atomic mass is 10.1. The quantitative estimate of drug-likeness (QED) is 0.817. The summed E-state index contributed by atoms with van der Waals surface area (Å²) >= 11 is 4.87. The molecule has 112 valence electrons. The molecule has 0 bridgehead atoms. The number of nitrogens with zero attached hydrogens (tertiary/aromatic N) is 1. The summed E-state index contributed by atoms with van der Waals surface area (Å²) < 4.78 is 26.1. The third kappa shape index (κ3) is 4.26. The maximum Gasteiger partial charge on any atom is 0.218 e. The Balaban J connectivity index is 2.88. The summed E-state index contributed by atoms with van der Waals surface area (Å²) in [7, 11) is -1.69. The van der Waals surface area contributed by atoms with Gasteiger partial charge in [-0.05, 0) is 18.4 Å². The molecule has 0 radical (unpaired) electrons. The standard InChI is InChI=1S/C14H22N2O2S2/c1-10(2)11(3)16(4)20(17,18)9-12-5-7-13(8-6-12)14(15)19/h5-8,10-11H,9H2,1-4H3,(H2,15,19). The van der Waals surface area contributed by atoms with E-state index in [1.807, 2.05) is 20.8 Å². The Morgan fingerprint density at radius 2 is 1.75 bits per heavy atom. The van der Waals surface area contributed by atoms with Crippen molar-refractivity contribution in [2.45, 2.75) is 32.6 Å². The van der Waals surface area contributed by atoms with Gasteiger partial charge in [-0.3, -0.25) is 0 Å². The fourth-order valence-corrected chi connectivity index (χ4v) is 3.45. The van der Waals surface area contributed by atoms with Crippen LogP contribution in [0.25, 0.3) is 0 Å². The topological polar surface area (TPSA) is 63.4 Å². The predicted octanol–water partition coefficient (Wildman–Crippen LogP) is 2.13. The van der Waals surface area contributed by atoms with Gasteiger partial charge in [0.05, 0.1) is 5.75 Å². The van der Waals surface area contributed by atoms with E-state index >= 15 is 0 Å². The Bertz CT molecular complexity index is 565. The Morgan fingerprint density at radius 3 is 2.15 bits per heavy atom. The van der Waals surface area contributed by atoms with Crippen LogP contribution in [0.1, 0.15) is 31.9 Å². The van der Waals surface area contributed by atoms with Crippen LogP contribution in [0.5, 0.6) is 0 Å². The predicted molar refractivity (Wildman–Crippen MR) is 87.0 cm³/mol. The van der Waals surface area contributed by atoms with Gasteiger partial charge in [-0.2, -0.15) is 0 Å². The van der Waals surface area contributed by atoms with Gasteiger partial charge < -0.3 is 5.73 Å². The molecule has 0 amide bonds. The summed E-state index contributed by atoms with van der Waals surface area (Å²) in [4.78, 5) is 0.310. The number of hydrogen-bond acceptors (Lipinski definition) is 3. The smallest absolute Gasteiger partial charge is 0.218 e. The maximum atomic E-state index is 12.3. The van der Waals surface area contributed by atoms with Gasteiger partial charge in [0.25, 0.3) is 0 Å². The molecule has 1 aromatic carbocycles. The van der Waals surface area contributed by atoms with E-state index in [0.717, 1.165) is 11.1 Å². The Labute approximate surface area is 127 Å². The molecule has 1 unspecified atom stereocenters. The van der Waals surface area contributed by atoms with E-state index in [-0.39, 0.29) is 17.7 Å². The van der Waals surface area contributed by atoms with Crippen molar-refractivity contribution in [3.8, 4) is 0 Å². The van der Waals surface area contributed by atoms with E-state index < -0.39 is 10.0 Å². The summed E-state index contributed by atoms with van der Waals surface area (Å²) in [6.45, 7) is 5.93. The average Bonchev–Trinajstić information content (AvgIpc) is 2.36. The van der Waals surface area contributed by atoms with E-state index in [2.05, 4.69) is 0 Å². The van der Waals surface area contributed by atoms with Gasteiger partial charge in [0.2, 0.25) is 10.0 Å². The second kappa shape index (κ2) is 6.65. The summed E-state index contributed by atoms with van der Waals surface area (Å²) in [5.74, 6) is 0.254. The second-order valence-corrected chi connectivity index (χ2v) is 7.79. The lowest BCUT2D eigenvalue weighted by molar-refractivity contribution is 0.315. The zero-order valence-corrected chi connectivity index (χ0v) is 14.0. The molecule has 2 N–H and O–H groups in total. The van der Waals surface area contributed by atoms with Crippen molar-refractivity contribution in [3.05, 3.63) is 35.4 Å². The molecule has 0 aliphatic heterocycles. The first-order valence-electron chi connectivity index (χ1n) is 6.49. The van der Waals surface area contributed by atoms with Crippen molar-refractivity contribution >= 4 is 27.2 Å². The number of hydrogen-bond donors (Lipinski definition) is 1. The van der Waals surface area contributed by atoms with Crippen molar-refractivity contribution in [2.75, 3.05) is 7.05 Å². The summed E-state index contributed by atoms with van der Waals surface area (Å²) in [5.41, 5.74) is 6.99. The third-order valence-corrected chi connectivity index (χ3v) is 5.71. The lowest BCUT2D eigenvalue weighted by Crippen LogP contribution is -2.38. The van der Waals surface area contributed by atoms with Crippen LogP contribution in [-0.4, -0.2) is 30.8 Å². The van der Waals surface area contributed by atoms with Crippen molar-refractivity contribution in [1.29, 1.82) is 0 Å². The van der Waals surface area contributed by atoms with Gasteiger partial charge in [0.15, 0.2) is 0 Å². The highest BCUT2D eigenvalue weighted by atomic mass is 32.2. The van der Waals surface area contributed by atoms with Gasteiger partial charge in [-0.15, -0.1) is 0 Å². The van der Waals surface area contributed by atoms with E-state index in [4.69, 9.17) is 18.0 Å². The zero-order valence-electron chi connectivity index (χ0n) is 12.3. The van der Waals surface area contributed by atoms with Crippen LogP contribution in [0.15, 0.2) is 24.3 Å². The first-order chi connectivity index (χ1) is 9.15. The first-order valence-corrected chi connectivity index (χ1v) is 8.51. The van der Waals surface area contributed by atoms with Gasteiger partial charge in [-0.25, -0.2) is 12.7 Å². The second-order valence-electron chi connectivity index (χ2n) is 5.32. The Kier molecular flexibility index (Phi) is 5.68. The zero-order chi connectivity index (χ0) is 15.5. The summed E-state index contributed by atoms with van der Waals surface area (Å²) in [6.07, 6.45) is 0. The summed E-state index contributed by atoms with van der Waals surface area (Å²) in [6, 6.07) is 6.97. The largest absolute Gasteiger partial charge is 0.389 e. The molecule has 0 fully saturated rings. The fourth-order valence-electron chi connectivity index (χ4n) is 1.75. The third-order valence-electron chi connectivity index (χ3n) is 3.56. The van der Waals surface area contributed by atoms with Crippen LogP contribution in [0.3, 0.4) is 0 Å². The highest BCUT2D eigenvalue weighted by molar-refractivity contribution is 7.88. The van der Waals surface area contributed by atoms with E-state index in [1.165, 1.54) is 4.31 Å². The highest BCUT2D eigenvalue weighted by Gasteiger charge is 2.25. The molecule has 6 heteroatoms. The van der Waals surface area contributed by atoms with E-state index in [9.17, 15) is 8.42 Å². The van der Waals surface area contributed by atoms with Gasteiger partial charge >= 0.3 is 0 Å². The minimum absolute atomic E-state index is 0.0157. The maximum absolute atomic E-state index is 12.3. The molecular formula is C14H22N2O2S2.